The van der Waals surface area contributed by atoms with E-state index in [1.165, 1.54) is 0 Å². The van der Waals surface area contributed by atoms with Crippen LogP contribution < -0.4 is 11.5 Å². The van der Waals surface area contributed by atoms with Gasteiger partial charge in [0.1, 0.15) is 13.2 Å². The molecule has 28 heavy (non-hydrogen) atoms. The van der Waals surface area contributed by atoms with Crippen LogP contribution in [0.15, 0.2) is 60.7 Å². The second-order valence-corrected chi connectivity index (χ2v) is 5.81. The molecule has 1 aromatic heterocycles. The lowest BCUT2D eigenvalue weighted by Crippen LogP contribution is -2.18. The molecule has 0 unspecified atom stereocenters. The molecule has 0 atom stereocenters. The smallest absolute Gasteiger partial charge is 0.361 e. The Morgan fingerprint density at radius 3 is 1.39 bits per heavy atom. The third kappa shape index (κ3) is 4.61. The van der Waals surface area contributed by atoms with Crippen LogP contribution in [0.2, 0.25) is 0 Å². The Morgan fingerprint density at radius 1 is 0.679 bits per heavy atom. The number of carbonyl (C=O) groups is 2. The van der Waals surface area contributed by atoms with Gasteiger partial charge in [-0.1, -0.05) is 60.7 Å². The van der Waals surface area contributed by atoms with Crippen LogP contribution in [0.1, 0.15) is 32.1 Å². The molecule has 3 rings (SSSR count). The van der Waals surface area contributed by atoms with Gasteiger partial charge in [0.25, 0.3) is 0 Å². The fraction of sp³-hybridized carbons (Fsp3) is 0.100. The van der Waals surface area contributed by atoms with Crippen LogP contribution in [-0.4, -0.2) is 21.9 Å². The van der Waals surface area contributed by atoms with Crippen molar-refractivity contribution < 1.29 is 19.1 Å². The van der Waals surface area contributed by atoms with Crippen LogP contribution >= 0.6 is 0 Å². The first-order valence-corrected chi connectivity index (χ1v) is 8.39. The molecule has 8 nitrogen and oxygen atoms in total. The SMILES string of the molecule is Nc1nc(C(=O)OCc2ccccc2)c(N)nc1C(=O)OCc1ccccc1. The summed E-state index contributed by atoms with van der Waals surface area (Å²) in [6.45, 7) is 0.0864. The van der Waals surface area contributed by atoms with E-state index in [-0.39, 0.29) is 36.2 Å². The van der Waals surface area contributed by atoms with Crippen LogP contribution in [-0.2, 0) is 22.7 Å². The van der Waals surface area contributed by atoms with E-state index < -0.39 is 11.9 Å². The van der Waals surface area contributed by atoms with Crippen molar-refractivity contribution in [2.24, 2.45) is 0 Å². The molecule has 0 amide bonds. The number of hydrogen-bond acceptors (Lipinski definition) is 8. The third-order valence-corrected chi connectivity index (χ3v) is 3.76. The average molecular weight is 378 g/mol. The molecule has 0 aliphatic heterocycles. The van der Waals surface area contributed by atoms with Crippen molar-refractivity contribution in [3.63, 3.8) is 0 Å². The maximum atomic E-state index is 12.2. The van der Waals surface area contributed by atoms with Crippen LogP contribution in [0, 0.1) is 0 Å². The summed E-state index contributed by atoms with van der Waals surface area (Å²) in [4.78, 5) is 32.2. The topological polar surface area (TPSA) is 130 Å². The van der Waals surface area contributed by atoms with E-state index >= 15 is 0 Å². The molecular formula is C20H18N4O4. The first kappa shape index (κ1) is 18.8. The summed E-state index contributed by atoms with van der Waals surface area (Å²) < 4.78 is 10.3. The van der Waals surface area contributed by atoms with Crippen molar-refractivity contribution in [1.29, 1.82) is 0 Å². The van der Waals surface area contributed by atoms with Gasteiger partial charge in [-0.3, -0.25) is 0 Å². The highest BCUT2D eigenvalue weighted by Crippen LogP contribution is 2.16. The van der Waals surface area contributed by atoms with Gasteiger partial charge < -0.3 is 20.9 Å². The Morgan fingerprint density at radius 2 is 1.04 bits per heavy atom. The largest absolute Gasteiger partial charge is 0.456 e. The predicted octanol–water partition coefficient (Wildman–Crippen LogP) is 2.36. The van der Waals surface area contributed by atoms with Crippen molar-refractivity contribution in [3.8, 4) is 0 Å². The number of benzene rings is 2. The lowest BCUT2D eigenvalue weighted by atomic mass is 10.2. The zero-order valence-corrected chi connectivity index (χ0v) is 14.9. The monoisotopic (exact) mass is 378 g/mol. The number of nitrogens with two attached hydrogens (primary N) is 2. The van der Waals surface area contributed by atoms with Gasteiger partial charge in [0.05, 0.1) is 0 Å². The molecule has 0 bridgehead atoms. The van der Waals surface area contributed by atoms with Gasteiger partial charge in [-0.2, -0.15) is 0 Å². The number of anilines is 2. The van der Waals surface area contributed by atoms with Gasteiger partial charge in [-0.05, 0) is 11.1 Å². The first-order valence-electron chi connectivity index (χ1n) is 8.39. The molecule has 142 valence electrons. The van der Waals surface area contributed by atoms with Crippen molar-refractivity contribution in [3.05, 3.63) is 83.2 Å². The highest BCUT2D eigenvalue weighted by atomic mass is 16.5. The summed E-state index contributed by atoms with van der Waals surface area (Å²) >= 11 is 0. The number of carbonyl (C=O) groups excluding carboxylic acids is 2. The second kappa shape index (κ2) is 8.63. The molecule has 0 radical (unpaired) electrons. The van der Waals surface area contributed by atoms with Crippen LogP contribution in [0.3, 0.4) is 0 Å². The second-order valence-electron chi connectivity index (χ2n) is 5.81. The van der Waals surface area contributed by atoms with E-state index in [4.69, 9.17) is 20.9 Å². The zero-order chi connectivity index (χ0) is 19.9. The highest BCUT2D eigenvalue weighted by molar-refractivity contribution is 5.96. The molecule has 0 spiro atoms. The summed E-state index contributed by atoms with van der Waals surface area (Å²) in [7, 11) is 0. The van der Waals surface area contributed by atoms with E-state index in [0.29, 0.717) is 0 Å². The summed E-state index contributed by atoms with van der Waals surface area (Å²) in [6, 6.07) is 18.2. The molecule has 0 saturated heterocycles. The van der Waals surface area contributed by atoms with Gasteiger partial charge in [0, 0.05) is 0 Å². The fourth-order valence-electron chi connectivity index (χ4n) is 2.34. The lowest BCUT2D eigenvalue weighted by molar-refractivity contribution is 0.0450. The van der Waals surface area contributed by atoms with Gasteiger partial charge in [0.2, 0.25) is 0 Å². The number of rotatable bonds is 6. The quantitative estimate of drug-likeness (QED) is 0.625. The summed E-state index contributed by atoms with van der Waals surface area (Å²) in [5.41, 5.74) is 12.6. The van der Waals surface area contributed by atoms with E-state index in [1.54, 1.807) is 0 Å². The zero-order valence-electron chi connectivity index (χ0n) is 14.9. The Hall–Kier alpha value is -3.94. The van der Waals surface area contributed by atoms with E-state index in [2.05, 4.69) is 9.97 Å². The maximum Gasteiger partial charge on any atom is 0.361 e. The Labute approximate surface area is 161 Å². The molecule has 4 N–H and O–H groups in total. The number of hydrogen-bond donors (Lipinski definition) is 2. The normalized spacial score (nSPS) is 10.3. The Bertz CT molecular complexity index is 897. The molecule has 0 fully saturated rings. The lowest BCUT2D eigenvalue weighted by Gasteiger charge is -2.10. The predicted molar refractivity (Wildman–Crippen MR) is 102 cm³/mol. The number of nitrogen functional groups attached to an aromatic ring is 2. The minimum atomic E-state index is -0.787. The molecular weight excluding hydrogens is 360 g/mol. The highest BCUT2D eigenvalue weighted by Gasteiger charge is 2.22. The fourth-order valence-corrected chi connectivity index (χ4v) is 2.34. The number of nitrogens with zero attached hydrogens (tertiary/aromatic N) is 2. The number of ether oxygens (including phenoxy) is 2. The minimum absolute atomic E-state index is 0.0432. The van der Waals surface area contributed by atoms with Gasteiger partial charge in [0.15, 0.2) is 23.0 Å². The molecule has 0 saturated carbocycles. The average Bonchev–Trinajstić information content (AvgIpc) is 2.73. The van der Waals surface area contributed by atoms with Gasteiger partial charge >= 0.3 is 11.9 Å². The van der Waals surface area contributed by atoms with Crippen LogP contribution in [0.25, 0.3) is 0 Å². The Kier molecular flexibility index (Phi) is 5.81. The van der Waals surface area contributed by atoms with Crippen LogP contribution in [0.4, 0.5) is 11.6 Å². The molecule has 8 heteroatoms. The van der Waals surface area contributed by atoms with Crippen molar-refractivity contribution in [2.45, 2.75) is 13.2 Å². The van der Waals surface area contributed by atoms with Gasteiger partial charge in [-0.25, -0.2) is 19.6 Å². The summed E-state index contributed by atoms with van der Waals surface area (Å²) in [5.74, 6) is -2.10. The van der Waals surface area contributed by atoms with E-state index in [0.717, 1.165) is 11.1 Å². The van der Waals surface area contributed by atoms with Crippen molar-refractivity contribution in [1.82, 2.24) is 9.97 Å². The van der Waals surface area contributed by atoms with E-state index in [9.17, 15) is 9.59 Å². The third-order valence-electron chi connectivity index (χ3n) is 3.76. The maximum absolute atomic E-state index is 12.2. The molecule has 0 aliphatic rings. The van der Waals surface area contributed by atoms with Gasteiger partial charge in [-0.15, -0.1) is 0 Å². The number of esters is 2. The molecule has 0 aliphatic carbocycles. The summed E-state index contributed by atoms with van der Waals surface area (Å²) in [6.07, 6.45) is 0. The minimum Gasteiger partial charge on any atom is -0.456 e. The molecule has 3 aromatic rings. The van der Waals surface area contributed by atoms with Crippen molar-refractivity contribution >= 4 is 23.6 Å². The van der Waals surface area contributed by atoms with Crippen LogP contribution in [0.5, 0.6) is 0 Å². The first-order chi connectivity index (χ1) is 13.5. The standard InChI is InChI=1S/C20H18N4O4/c21-17-15(19(25)27-11-13-7-3-1-4-8-13)23-18(22)16(24-17)20(26)28-12-14-9-5-2-6-10-14/h1-10H,11-12H2,(H2,22,23)(H2,21,24). The molecule has 2 aromatic carbocycles. The number of aromatic nitrogens is 2. The van der Waals surface area contributed by atoms with Crippen molar-refractivity contribution in [2.75, 3.05) is 11.5 Å². The Balaban J connectivity index is 1.67. The summed E-state index contributed by atoms with van der Waals surface area (Å²) in [5, 5.41) is 0. The molecule has 1 heterocycles. The van der Waals surface area contributed by atoms with E-state index in [1.807, 2.05) is 60.7 Å².